The summed E-state index contributed by atoms with van der Waals surface area (Å²) in [6.45, 7) is 4.34. The summed E-state index contributed by atoms with van der Waals surface area (Å²) in [7, 11) is 0. The largest absolute Gasteiger partial charge is 0.439 e. The summed E-state index contributed by atoms with van der Waals surface area (Å²) in [5.41, 5.74) is 0.799. The van der Waals surface area contributed by atoms with E-state index < -0.39 is 0 Å². The Balaban J connectivity index is 2.18. The lowest BCUT2D eigenvalue weighted by Gasteiger charge is -2.05. The minimum atomic E-state index is 0.440. The van der Waals surface area contributed by atoms with Crippen LogP contribution in [0, 0.1) is 0 Å². The zero-order valence-electron chi connectivity index (χ0n) is 10.2. The second-order valence-corrected chi connectivity index (χ2v) is 4.07. The zero-order valence-corrected chi connectivity index (χ0v) is 10.2. The van der Waals surface area contributed by atoms with Crippen LogP contribution in [0.5, 0.6) is 0 Å². The number of rotatable bonds is 0. The van der Waals surface area contributed by atoms with E-state index in [0.717, 1.165) is 16.1 Å². The summed E-state index contributed by atoms with van der Waals surface area (Å²) in [4.78, 5) is 12.7. The van der Waals surface area contributed by atoms with Crippen molar-refractivity contribution in [3.63, 3.8) is 0 Å². The molecule has 0 aliphatic carbocycles. The standard InChI is InChI=1S/C15H11N3O/c1-11-8-12-4-2-3-5-14(12)18-10-13-9-16-6-7-17-15(13)19-11/h2-6,8-9H,1,10H2/b12-8-,18-14-. The number of para-hydroxylation sites is 1. The number of hydrogen-bond donors (Lipinski definition) is 0. The highest BCUT2D eigenvalue weighted by Crippen LogP contribution is 2.13. The van der Waals surface area contributed by atoms with Gasteiger partial charge in [-0.3, -0.25) is 9.98 Å². The fraction of sp³-hybridized carbons (Fsp3) is 0.0667. The summed E-state index contributed by atoms with van der Waals surface area (Å²) < 4.78 is 5.64. The van der Waals surface area contributed by atoms with Gasteiger partial charge in [-0.15, -0.1) is 0 Å². The van der Waals surface area contributed by atoms with E-state index in [1.807, 2.05) is 30.3 Å². The Morgan fingerprint density at radius 1 is 1.26 bits per heavy atom. The second kappa shape index (κ2) is 4.88. The highest BCUT2D eigenvalue weighted by molar-refractivity contribution is 5.82. The van der Waals surface area contributed by atoms with Crippen LogP contribution < -0.4 is 10.6 Å². The number of ether oxygens (including phenoxy) is 1. The van der Waals surface area contributed by atoms with Gasteiger partial charge in [0.1, 0.15) is 5.76 Å². The summed E-state index contributed by atoms with van der Waals surface area (Å²) in [5, 5.41) is 1.87. The maximum absolute atomic E-state index is 5.64. The molecule has 92 valence electrons. The van der Waals surface area contributed by atoms with Crippen molar-refractivity contribution < 1.29 is 4.74 Å². The van der Waals surface area contributed by atoms with E-state index in [-0.39, 0.29) is 0 Å². The molecule has 0 saturated carbocycles. The molecular weight excluding hydrogens is 238 g/mol. The van der Waals surface area contributed by atoms with Crippen molar-refractivity contribution in [2.45, 2.75) is 0 Å². The van der Waals surface area contributed by atoms with Gasteiger partial charge in [0.15, 0.2) is 0 Å². The lowest BCUT2D eigenvalue weighted by molar-refractivity contribution is 0.323. The maximum Gasteiger partial charge on any atom is 0.234 e. The summed E-state index contributed by atoms with van der Waals surface area (Å²) in [6.07, 6.45) is 5.02. The third kappa shape index (κ3) is 2.44. The van der Waals surface area contributed by atoms with Crippen molar-refractivity contribution in [2.75, 3.05) is 6.54 Å². The summed E-state index contributed by atoms with van der Waals surface area (Å²) in [5.74, 6) is 3.63. The highest BCUT2D eigenvalue weighted by atomic mass is 16.5. The molecule has 0 saturated heterocycles. The van der Waals surface area contributed by atoms with Crippen molar-refractivity contribution in [1.82, 2.24) is 0 Å². The minimum Gasteiger partial charge on any atom is -0.439 e. The Morgan fingerprint density at radius 2 is 2.16 bits per heavy atom. The molecule has 2 aliphatic rings. The first-order chi connectivity index (χ1) is 9.33. The Labute approximate surface area is 110 Å². The van der Waals surface area contributed by atoms with Gasteiger partial charge in [-0.25, -0.2) is 0 Å². The van der Waals surface area contributed by atoms with Crippen LogP contribution in [0.4, 0.5) is 0 Å². The van der Waals surface area contributed by atoms with Gasteiger partial charge in [-0.2, -0.15) is 4.99 Å². The highest BCUT2D eigenvalue weighted by Gasteiger charge is 2.09. The van der Waals surface area contributed by atoms with E-state index in [1.54, 1.807) is 6.21 Å². The van der Waals surface area contributed by atoms with Crippen molar-refractivity contribution >= 4 is 18.2 Å². The predicted molar refractivity (Wildman–Crippen MR) is 74.3 cm³/mol. The third-order valence-electron chi connectivity index (χ3n) is 2.70. The van der Waals surface area contributed by atoms with Crippen molar-refractivity contribution in [1.29, 1.82) is 0 Å². The van der Waals surface area contributed by atoms with E-state index in [0.29, 0.717) is 18.2 Å². The van der Waals surface area contributed by atoms with E-state index in [2.05, 4.69) is 27.4 Å². The molecule has 0 radical (unpaired) electrons. The molecule has 3 rings (SSSR count). The molecule has 0 N–H and O–H groups in total. The summed E-state index contributed by atoms with van der Waals surface area (Å²) >= 11 is 0. The molecule has 0 aromatic heterocycles. The first-order valence-corrected chi connectivity index (χ1v) is 5.85. The Kier molecular flexibility index (Phi) is 2.93. The Bertz CT molecular complexity index is 778. The number of aliphatic imine (C=N–C) groups is 2. The molecule has 2 aliphatic heterocycles. The molecule has 0 atom stereocenters. The van der Waals surface area contributed by atoms with Crippen LogP contribution in [-0.2, 0) is 4.74 Å². The SMILES string of the molecule is C=C1/C=c2/cccc/c2=N/CC2=C(N=C=CN=C2)O1. The fourth-order valence-corrected chi connectivity index (χ4v) is 1.82. The monoisotopic (exact) mass is 249 g/mol. The van der Waals surface area contributed by atoms with Crippen molar-refractivity contribution in [3.8, 4) is 0 Å². The molecule has 4 nitrogen and oxygen atoms in total. The number of benzene rings is 1. The quantitative estimate of drug-likeness (QED) is 0.679. The van der Waals surface area contributed by atoms with Gasteiger partial charge in [0.05, 0.1) is 23.7 Å². The zero-order chi connectivity index (χ0) is 13.1. The van der Waals surface area contributed by atoms with Gasteiger partial charge in [0.2, 0.25) is 5.88 Å². The Hall–Kier alpha value is -2.71. The van der Waals surface area contributed by atoms with Crippen LogP contribution in [0.15, 0.2) is 69.2 Å². The topological polar surface area (TPSA) is 46.3 Å². The number of nitrogens with zero attached hydrogens (tertiary/aromatic N) is 3. The predicted octanol–water partition coefficient (Wildman–Crippen LogP) is 1.11. The van der Waals surface area contributed by atoms with Crippen LogP contribution in [0.1, 0.15) is 0 Å². The fourth-order valence-electron chi connectivity index (χ4n) is 1.82. The van der Waals surface area contributed by atoms with Crippen LogP contribution in [0.2, 0.25) is 0 Å². The number of fused-ring (bicyclic) bond motifs is 1. The Morgan fingerprint density at radius 3 is 3.11 bits per heavy atom. The van der Waals surface area contributed by atoms with Gasteiger partial charge in [0, 0.05) is 17.3 Å². The normalized spacial score (nSPS) is 20.5. The minimum absolute atomic E-state index is 0.440. The first-order valence-electron chi connectivity index (χ1n) is 5.85. The maximum atomic E-state index is 5.64. The van der Waals surface area contributed by atoms with Crippen LogP contribution in [-0.4, -0.2) is 18.6 Å². The molecule has 4 heteroatoms. The molecule has 0 unspecified atom stereocenters. The molecular formula is C15H11N3O. The average molecular weight is 249 g/mol. The number of hydrogen-bond acceptors (Lipinski definition) is 4. The molecule has 2 heterocycles. The van der Waals surface area contributed by atoms with E-state index in [4.69, 9.17) is 4.74 Å². The molecule has 0 spiro atoms. The van der Waals surface area contributed by atoms with Gasteiger partial charge in [0.25, 0.3) is 0 Å². The van der Waals surface area contributed by atoms with Crippen molar-refractivity contribution in [2.24, 2.45) is 15.0 Å². The van der Waals surface area contributed by atoms with Crippen molar-refractivity contribution in [3.05, 3.63) is 64.8 Å². The van der Waals surface area contributed by atoms with E-state index in [9.17, 15) is 0 Å². The third-order valence-corrected chi connectivity index (χ3v) is 2.70. The van der Waals surface area contributed by atoms with E-state index >= 15 is 0 Å². The molecule has 0 fully saturated rings. The van der Waals surface area contributed by atoms with Gasteiger partial charge in [-0.1, -0.05) is 24.8 Å². The smallest absolute Gasteiger partial charge is 0.234 e. The molecule has 19 heavy (non-hydrogen) atoms. The second-order valence-electron chi connectivity index (χ2n) is 4.07. The van der Waals surface area contributed by atoms with Gasteiger partial charge >= 0.3 is 0 Å². The lowest BCUT2D eigenvalue weighted by atomic mass is 10.2. The van der Waals surface area contributed by atoms with Crippen LogP contribution in [0.3, 0.4) is 0 Å². The first kappa shape index (κ1) is 11.4. The average Bonchev–Trinajstić information content (AvgIpc) is 2.59. The van der Waals surface area contributed by atoms with Crippen LogP contribution >= 0.6 is 0 Å². The van der Waals surface area contributed by atoms with E-state index in [1.165, 1.54) is 6.20 Å². The lowest BCUT2D eigenvalue weighted by Crippen LogP contribution is -2.24. The van der Waals surface area contributed by atoms with Gasteiger partial charge < -0.3 is 4.74 Å². The molecule has 1 aromatic carbocycles. The molecule has 0 amide bonds. The van der Waals surface area contributed by atoms with Crippen LogP contribution in [0.25, 0.3) is 6.08 Å². The number of allylic oxidation sites excluding steroid dienone is 1. The summed E-state index contributed by atoms with van der Waals surface area (Å²) in [6, 6.07) is 7.84. The molecule has 0 bridgehead atoms. The van der Waals surface area contributed by atoms with Gasteiger partial charge in [-0.05, 0) is 12.1 Å². The molecule has 1 aromatic rings.